The summed E-state index contributed by atoms with van der Waals surface area (Å²) < 4.78 is 14.1. The fourth-order valence-corrected chi connectivity index (χ4v) is 4.97. The molecule has 0 bridgehead atoms. The zero-order valence-electron chi connectivity index (χ0n) is 19.9. The molecule has 2 heterocycles. The second kappa shape index (κ2) is 11.0. The van der Waals surface area contributed by atoms with Gasteiger partial charge in [-0.15, -0.1) is 0 Å². The van der Waals surface area contributed by atoms with Crippen LogP contribution in [0.4, 0.5) is 14.9 Å². The van der Waals surface area contributed by atoms with Crippen LogP contribution in [0.5, 0.6) is 0 Å². The molecule has 0 aromatic heterocycles. The van der Waals surface area contributed by atoms with Crippen molar-refractivity contribution in [1.82, 2.24) is 14.7 Å². The predicted molar refractivity (Wildman–Crippen MR) is 132 cm³/mol. The van der Waals surface area contributed by atoms with Crippen molar-refractivity contribution in [2.45, 2.75) is 30.8 Å². The Bertz CT molecular complexity index is 1050. The normalized spacial score (nSPS) is 22.6. The van der Waals surface area contributed by atoms with E-state index in [-0.39, 0.29) is 36.3 Å². The monoisotopic (exact) mass is 464 g/mol. The van der Waals surface area contributed by atoms with Crippen LogP contribution in [0.2, 0.25) is 0 Å². The maximum absolute atomic E-state index is 14.1. The molecule has 2 N–H and O–H groups in total. The van der Waals surface area contributed by atoms with Crippen LogP contribution in [0.15, 0.2) is 48.5 Å². The van der Waals surface area contributed by atoms with E-state index in [4.69, 9.17) is 0 Å². The van der Waals surface area contributed by atoms with Gasteiger partial charge in [0.2, 0.25) is 0 Å². The molecular formula is C27H33FN4O2. The molecule has 4 rings (SSSR count). The molecule has 3 atom stereocenters. The number of benzene rings is 2. The highest BCUT2D eigenvalue weighted by Gasteiger charge is 2.49. The van der Waals surface area contributed by atoms with Gasteiger partial charge in [0.05, 0.1) is 18.8 Å². The van der Waals surface area contributed by atoms with E-state index in [1.165, 1.54) is 6.07 Å². The van der Waals surface area contributed by atoms with Crippen molar-refractivity contribution in [3.8, 4) is 11.8 Å². The highest BCUT2D eigenvalue weighted by Crippen LogP contribution is 2.42. The van der Waals surface area contributed by atoms with Crippen molar-refractivity contribution in [2.24, 2.45) is 0 Å². The van der Waals surface area contributed by atoms with Crippen molar-refractivity contribution >= 4 is 11.7 Å². The summed E-state index contributed by atoms with van der Waals surface area (Å²) in [4.78, 5) is 19.1. The van der Waals surface area contributed by atoms with Gasteiger partial charge in [0.1, 0.15) is 5.82 Å². The molecule has 2 fully saturated rings. The summed E-state index contributed by atoms with van der Waals surface area (Å²) in [6.07, 6.45) is 1.82. The topological polar surface area (TPSA) is 59.1 Å². The van der Waals surface area contributed by atoms with E-state index in [1.807, 2.05) is 31.1 Å². The number of anilines is 1. The summed E-state index contributed by atoms with van der Waals surface area (Å²) >= 11 is 0. The Balaban J connectivity index is 1.49. The van der Waals surface area contributed by atoms with Gasteiger partial charge in [-0.2, -0.15) is 0 Å². The van der Waals surface area contributed by atoms with Gasteiger partial charge in [-0.25, -0.2) is 9.18 Å². The van der Waals surface area contributed by atoms with Crippen molar-refractivity contribution in [1.29, 1.82) is 0 Å². The third-order valence-electron chi connectivity index (χ3n) is 6.70. The lowest BCUT2D eigenvalue weighted by atomic mass is 9.74. The van der Waals surface area contributed by atoms with Crippen LogP contribution in [0.1, 0.15) is 29.9 Å². The number of carbonyl (C=O) groups is 1. The molecule has 2 amide bonds. The zero-order valence-corrected chi connectivity index (χ0v) is 19.9. The quantitative estimate of drug-likeness (QED) is 0.683. The highest BCUT2D eigenvalue weighted by molar-refractivity contribution is 5.89. The second-order valence-electron chi connectivity index (χ2n) is 9.31. The Morgan fingerprint density at radius 1 is 1.15 bits per heavy atom. The fraction of sp³-hybridized carbons (Fsp3) is 0.444. The first-order valence-corrected chi connectivity index (χ1v) is 11.9. The van der Waals surface area contributed by atoms with E-state index in [0.29, 0.717) is 19.6 Å². The lowest BCUT2D eigenvalue weighted by molar-refractivity contribution is -0.0585. The number of aliphatic hydroxyl groups is 1. The zero-order chi connectivity index (χ0) is 24.1. The molecule has 180 valence electrons. The number of aliphatic hydroxyl groups excluding tert-OH is 1. The molecule has 2 aliphatic heterocycles. The van der Waals surface area contributed by atoms with Crippen molar-refractivity contribution < 1.29 is 14.3 Å². The molecule has 0 aliphatic carbocycles. The molecule has 7 heteroatoms. The summed E-state index contributed by atoms with van der Waals surface area (Å²) in [5, 5.41) is 12.9. The number of hydrogen-bond donors (Lipinski definition) is 2. The number of urea groups is 1. The molecule has 0 saturated carbocycles. The maximum Gasteiger partial charge on any atom is 0.321 e. The minimum Gasteiger partial charge on any atom is -0.395 e. The van der Waals surface area contributed by atoms with Gasteiger partial charge < -0.3 is 15.3 Å². The van der Waals surface area contributed by atoms with Gasteiger partial charge >= 0.3 is 6.03 Å². The number of amides is 2. The third-order valence-corrected chi connectivity index (χ3v) is 6.70. The summed E-state index contributed by atoms with van der Waals surface area (Å²) in [5.41, 5.74) is 2.30. The average molecular weight is 465 g/mol. The standard InChI is InChI=1S/C27H33FN4O2/c1-30(2)15-7-8-20-11-13-21(14-12-20)26-24-18-31(16-5-6-17-32(24)25(26)19-33)27(34)29-23-10-4-3-9-22(23)28/h3-4,9-14,24-26,33H,5-6,15-19H2,1-2H3,(H,29,34)/t24-,25-,26+/m1/s1. The van der Waals surface area contributed by atoms with Crippen LogP contribution >= 0.6 is 0 Å². The number of halogens is 1. The van der Waals surface area contributed by atoms with Crippen molar-refractivity contribution in [2.75, 3.05) is 52.2 Å². The molecule has 2 aromatic rings. The molecule has 2 saturated heterocycles. The van der Waals surface area contributed by atoms with Gasteiger partial charge in [0, 0.05) is 36.7 Å². The second-order valence-corrected chi connectivity index (χ2v) is 9.31. The van der Waals surface area contributed by atoms with Gasteiger partial charge in [0.15, 0.2) is 0 Å². The van der Waals surface area contributed by atoms with Crippen LogP contribution in [0.25, 0.3) is 0 Å². The smallest absolute Gasteiger partial charge is 0.321 e. The Hall–Kier alpha value is -2.92. The minimum absolute atomic E-state index is 0.0326. The lowest BCUT2D eigenvalue weighted by Gasteiger charge is -2.57. The first-order valence-electron chi connectivity index (χ1n) is 11.9. The van der Waals surface area contributed by atoms with Gasteiger partial charge in [-0.05, 0) is 63.3 Å². The average Bonchev–Trinajstić information content (AvgIpc) is 2.80. The van der Waals surface area contributed by atoms with Crippen molar-refractivity contribution in [3.05, 3.63) is 65.5 Å². The molecule has 0 unspecified atom stereocenters. The number of fused-ring (bicyclic) bond motifs is 1. The van der Waals surface area contributed by atoms with Gasteiger partial charge in [0.25, 0.3) is 0 Å². The first kappa shape index (κ1) is 24.2. The summed E-state index contributed by atoms with van der Waals surface area (Å²) in [7, 11) is 3.98. The van der Waals surface area contributed by atoms with Crippen LogP contribution < -0.4 is 5.32 Å². The van der Waals surface area contributed by atoms with Crippen LogP contribution in [0, 0.1) is 17.7 Å². The Kier molecular flexibility index (Phi) is 7.84. The Morgan fingerprint density at radius 3 is 2.59 bits per heavy atom. The molecule has 2 aliphatic rings. The molecule has 0 radical (unpaired) electrons. The van der Waals surface area contributed by atoms with Crippen LogP contribution in [-0.4, -0.2) is 84.8 Å². The number of carbonyl (C=O) groups excluding carboxylic acids is 1. The number of hydrogen-bond acceptors (Lipinski definition) is 4. The first-order chi connectivity index (χ1) is 16.5. The van der Waals surface area contributed by atoms with E-state index in [1.54, 1.807) is 23.1 Å². The molecule has 2 aromatic carbocycles. The predicted octanol–water partition coefficient (Wildman–Crippen LogP) is 3.20. The SMILES string of the molecule is CN(C)CC#Cc1ccc([C@@H]2[C@@H](CO)N3CCCCN(C(=O)Nc4ccccc4F)C[C@H]23)cc1. The van der Waals surface area contributed by atoms with E-state index in [2.05, 4.69) is 34.2 Å². The Morgan fingerprint density at radius 2 is 1.88 bits per heavy atom. The molecular weight excluding hydrogens is 431 g/mol. The fourth-order valence-electron chi connectivity index (χ4n) is 4.97. The summed E-state index contributed by atoms with van der Waals surface area (Å²) in [6, 6.07) is 14.3. The summed E-state index contributed by atoms with van der Waals surface area (Å²) in [6.45, 7) is 2.85. The minimum atomic E-state index is -0.444. The van der Waals surface area contributed by atoms with Crippen LogP contribution in [0.3, 0.4) is 0 Å². The van der Waals surface area contributed by atoms with Gasteiger partial charge in [-0.3, -0.25) is 9.80 Å². The van der Waals surface area contributed by atoms with E-state index < -0.39 is 5.82 Å². The summed E-state index contributed by atoms with van der Waals surface area (Å²) in [5.74, 6) is 6.01. The third kappa shape index (κ3) is 5.41. The maximum atomic E-state index is 14.1. The molecule has 34 heavy (non-hydrogen) atoms. The Labute approximate surface area is 201 Å². The van der Waals surface area contributed by atoms with E-state index in [0.717, 1.165) is 30.5 Å². The number of para-hydroxylation sites is 1. The largest absolute Gasteiger partial charge is 0.395 e. The molecule has 6 nitrogen and oxygen atoms in total. The number of nitrogens with one attached hydrogen (secondary N) is 1. The number of nitrogens with zero attached hydrogens (tertiary/aromatic N) is 3. The van der Waals surface area contributed by atoms with E-state index in [9.17, 15) is 14.3 Å². The number of rotatable bonds is 4. The van der Waals surface area contributed by atoms with Gasteiger partial charge in [-0.1, -0.05) is 36.1 Å². The van der Waals surface area contributed by atoms with Crippen molar-refractivity contribution in [3.63, 3.8) is 0 Å². The van der Waals surface area contributed by atoms with E-state index >= 15 is 0 Å². The lowest BCUT2D eigenvalue weighted by Crippen LogP contribution is -2.68. The molecule has 0 spiro atoms. The van der Waals surface area contributed by atoms with Crippen LogP contribution in [-0.2, 0) is 0 Å². The highest BCUT2D eigenvalue weighted by atomic mass is 19.1.